The summed E-state index contributed by atoms with van der Waals surface area (Å²) in [6.45, 7) is 4.43. The van der Waals surface area contributed by atoms with Gasteiger partial charge < -0.3 is 18.9 Å². The quantitative estimate of drug-likeness (QED) is 0.479. The molecular weight excluding hydrogens is 410 g/mol. The summed E-state index contributed by atoms with van der Waals surface area (Å²) in [5.74, 6) is -0.498. The third kappa shape index (κ3) is 1.09. The zero-order chi connectivity index (χ0) is 9.10. The van der Waals surface area contributed by atoms with Crippen molar-refractivity contribution < 1.29 is 50.1 Å². The summed E-state index contributed by atoms with van der Waals surface area (Å²) in [4.78, 5) is 0. The summed E-state index contributed by atoms with van der Waals surface area (Å²) in [6.07, 6.45) is 0.769. The van der Waals surface area contributed by atoms with Crippen molar-refractivity contribution >= 4 is 0 Å². The summed E-state index contributed by atoms with van der Waals surface area (Å²) in [6, 6.07) is 0. The van der Waals surface area contributed by atoms with Gasteiger partial charge in [-0.05, 0) is 12.5 Å². The van der Waals surface area contributed by atoms with Gasteiger partial charge in [-0.15, -0.1) is 0 Å². The molecule has 78 valence electrons. The Labute approximate surface area is 107 Å². The number of methoxy groups -OCH3 is 1. The van der Waals surface area contributed by atoms with Crippen LogP contribution in [0.15, 0.2) is 0 Å². The Kier molecular flexibility index (Phi) is 2.80. The van der Waals surface area contributed by atoms with E-state index < -0.39 is 11.4 Å². The maximum atomic E-state index is 5.73. The van der Waals surface area contributed by atoms with Crippen LogP contribution in [-0.4, -0.2) is 37.3 Å². The SMILES string of the molecule is CC[C@]12O[CH-][C@H](OC13CO3)[C@@H]2OC.[U]. The topological polar surface area (TPSA) is 40.2 Å². The first-order chi connectivity index (χ1) is 6.28. The van der Waals surface area contributed by atoms with E-state index in [9.17, 15) is 0 Å². The molecular formula is C9H13O4U-. The molecule has 0 aliphatic carbocycles. The zero-order valence-electron chi connectivity index (χ0n) is 8.28. The number of ether oxygens (including phenoxy) is 4. The molecule has 0 amide bonds. The molecule has 3 aliphatic heterocycles. The number of rotatable bonds is 2. The second-order valence-corrected chi connectivity index (χ2v) is 3.78. The minimum Gasteiger partial charge on any atom is -0.539 e. The van der Waals surface area contributed by atoms with E-state index >= 15 is 0 Å². The monoisotopic (exact) mass is 423 g/mol. The Morgan fingerprint density at radius 3 is 2.79 bits per heavy atom. The normalized spacial score (nSPS) is 53.6. The van der Waals surface area contributed by atoms with Gasteiger partial charge in [0.15, 0.2) is 0 Å². The molecule has 0 saturated carbocycles. The van der Waals surface area contributed by atoms with Crippen LogP contribution in [0.5, 0.6) is 0 Å². The van der Waals surface area contributed by atoms with Gasteiger partial charge in [-0.25, -0.2) is 0 Å². The van der Waals surface area contributed by atoms with Crippen molar-refractivity contribution in [3.63, 3.8) is 0 Å². The van der Waals surface area contributed by atoms with Crippen LogP contribution < -0.4 is 0 Å². The van der Waals surface area contributed by atoms with Gasteiger partial charge in [0.05, 0.1) is 6.10 Å². The fourth-order valence-corrected chi connectivity index (χ4v) is 2.56. The maximum Gasteiger partial charge on any atom is 0.219 e. The Morgan fingerprint density at radius 2 is 2.29 bits per heavy atom. The average Bonchev–Trinajstić information content (AvgIpc) is 2.77. The minimum absolute atomic E-state index is 0. The molecule has 1 spiro atoms. The van der Waals surface area contributed by atoms with Gasteiger partial charge in [-0.1, -0.05) is 6.92 Å². The Morgan fingerprint density at radius 1 is 1.57 bits per heavy atom. The van der Waals surface area contributed by atoms with E-state index in [1.54, 1.807) is 13.7 Å². The van der Waals surface area contributed by atoms with Crippen LogP contribution in [-0.2, 0) is 18.9 Å². The fraction of sp³-hybridized carbons (Fsp3) is 0.889. The molecule has 3 aliphatic rings. The molecule has 0 aromatic rings. The molecule has 5 heteroatoms. The molecule has 2 bridgehead atoms. The van der Waals surface area contributed by atoms with Crippen molar-refractivity contribution in [2.24, 2.45) is 0 Å². The van der Waals surface area contributed by atoms with Gasteiger partial charge in [0.1, 0.15) is 12.2 Å². The van der Waals surface area contributed by atoms with Crippen LogP contribution in [0.1, 0.15) is 13.3 Å². The Balaban J connectivity index is 0.000000750. The third-order valence-electron chi connectivity index (χ3n) is 3.33. The predicted molar refractivity (Wildman–Crippen MR) is 42.8 cm³/mol. The van der Waals surface area contributed by atoms with Crippen LogP contribution in [0, 0.1) is 37.7 Å². The molecule has 4 nitrogen and oxygen atoms in total. The second-order valence-electron chi connectivity index (χ2n) is 3.78. The molecule has 14 heavy (non-hydrogen) atoms. The minimum atomic E-state index is -0.498. The van der Waals surface area contributed by atoms with E-state index in [-0.39, 0.29) is 43.3 Å². The predicted octanol–water partition coefficient (Wildman–Crippen LogP) is 0.467. The standard InChI is InChI=1S/C9H13O4.U/c1-3-8-7(10-2)6(4-11-8)13-9(8)5-12-9;/h4,6-7H,3,5H2,1-2H3;/q-1;/t6-,7-,8+,9?;/m0./s1. The Hall–Kier alpha value is 0.892. The number of hydrogen-bond acceptors (Lipinski definition) is 4. The molecule has 1 unspecified atom stereocenters. The van der Waals surface area contributed by atoms with Crippen LogP contribution in [0.25, 0.3) is 0 Å². The zero-order valence-corrected chi connectivity index (χ0v) is 12.4. The molecule has 0 aromatic carbocycles. The maximum absolute atomic E-state index is 5.73. The summed E-state index contributed by atoms with van der Waals surface area (Å²) in [7, 11) is 1.69. The van der Waals surface area contributed by atoms with E-state index in [1.807, 2.05) is 0 Å². The van der Waals surface area contributed by atoms with E-state index in [2.05, 4.69) is 6.92 Å². The van der Waals surface area contributed by atoms with Crippen molar-refractivity contribution in [2.75, 3.05) is 13.7 Å². The van der Waals surface area contributed by atoms with Gasteiger partial charge in [0.25, 0.3) is 0 Å². The molecule has 3 rings (SSSR count). The molecule has 0 N–H and O–H groups in total. The van der Waals surface area contributed by atoms with Crippen LogP contribution in [0.2, 0.25) is 0 Å². The second kappa shape index (κ2) is 3.44. The van der Waals surface area contributed by atoms with E-state index in [0.29, 0.717) is 6.61 Å². The smallest absolute Gasteiger partial charge is 0.219 e. The summed E-state index contributed by atoms with van der Waals surface area (Å²) < 4.78 is 22.2. The molecule has 4 atom stereocenters. The van der Waals surface area contributed by atoms with E-state index in [4.69, 9.17) is 18.9 Å². The van der Waals surface area contributed by atoms with Gasteiger partial charge in [0.2, 0.25) is 5.79 Å². The van der Waals surface area contributed by atoms with Crippen molar-refractivity contribution in [3.8, 4) is 0 Å². The fourth-order valence-electron chi connectivity index (χ4n) is 2.56. The van der Waals surface area contributed by atoms with Crippen molar-refractivity contribution in [1.82, 2.24) is 0 Å². The first kappa shape index (κ1) is 11.4. The van der Waals surface area contributed by atoms with Crippen molar-refractivity contribution in [3.05, 3.63) is 6.61 Å². The van der Waals surface area contributed by atoms with E-state index in [1.165, 1.54) is 0 Å². The molecule has 3 fully saturated rings. The first-order valence-corrected chi connectivity index (χ1v) is 4.64. The molecule has 3 heterocycles. The van der Waals surface area contributed by atoms with Gasteiger partial charge in [0, 0.05) is 38.2 Å². The van der Waals surface area contributed by atoms with Crippen LogP contribution in [0.3, 0.4) is 0 Å². The number of hydrogen-bond donors (Lipinski definition) is 0. The first-order valence-electron chi connectivity index (χ1n) is 4.64. The van der Waals surface area contributed by atoms with Gasteiger partial charge in [-0.3, -0.25) is 0 Å². The van der Waals surface area contributed by atoms with E-state index in [0.717, 1.165) is 6.42 Å². The summed E-state index contributed by atoms with van der Waals surface area (Å²) in [5.41, 5.74) is -0.396. The van der Waals surface area contributed by atoms with Crippen LogP contribution >= 0.6 is 0 Å². The van der Waals surface area contributed by atoms with Crippen molar-refractivity contribution in [1.29, 1.82) is 0 Å². The third-order valence-corrected chi connectivity index (χ3v) is 3.33. The van der Waals surface area contributed by atoms with Crippen LogP contribution in [0.4, 0.5) is 0 Å². The van der Waals surface area contributed by atoms with Crippen molar-refractivity contribution in [2.45, 2.75) is 36.9 Å². The summed E-state index contributed by atoms with van der Waals surface area (Å²) >= 11 is 0. The molecule has 0 radical (unpaired) electrons. The molecule has 0 aromatic heterocycles. The van der Waals surface area contributed by atoms with Gasteiger partial charge >= 0.3 is 0 Å². The number of epoxide rings is 1. The largest absolute Gasteiger partial charge is 0.539 e. The Bertz CT molecular complexity index is 243. The number of fused-ring (bicyclic) bond motifs is 3. The summed E-state index contributed by atoms with van der Waals surface area (Å²) in [5, 5.41) is 0. The molecule has 3 saturated heterocycles. The van der Waals surface area contributed by atoms with Gasteiger partial charge in [-0.2, -0.15) is 6.61 Å². The average molecular weight is 423 g/mol.